The SMILES string of the molecule is Cn1nnc(Br)c1C(=O)CSc1ccccc1F. The van der Waals surface area contributed by atoms with E-state index >= 15 is 0 Å². The van der Waals surface area contributed by atoms with Gasteiger partial charge in [-0.05, 0) is 28.1 Å². The van der Waals surface area contributed by atoms with Gasteiger partial charge in [-0.25, -0.2) is 9.07 Å². The fourth-order valence-electron chi connectivity index (χ4n) is 1.40. The molecule has 0 N–H and O–H groups in total. The Morgan fingerprint density at radius 2 is 2.22 bits per heavy atom. The molecule has 2 aromatic rings. The summed E-state index contributed by atoms with van der Waals surface area (Å²) in [5.74, 6) is -0.332. The molecule has 0 aliphatic rings. The Bertz CT molecular complexity index is 568. The van der Waals surface area contributed by atoms with E-state index in [1.54, 1.807) is 25.2 Å². The van der Waals surface area contributed by atoms with Crippen molar-refractivity contribution in [1.82, 2.24) is 15.0 Å². The van der Waals surface area contributed by atoms with Crippen LogP contribution in [0.5, 0.6) is 0 Å². The molecule has 7 heteroatoms. The van der Waals surface area contributed by atoms with E-state index in [0.717, 1.165) is 11.8 Å². The Morgan fingerprint density at radius 1 is 1.50 bits per heavy atom. The summed E-state index contributed by atoms with van der Waals surface area (Å²) in [5.41, 5.74) is 0.388. The minimum atomic E-state index is -0.322. The number of Topliss-reactive ketones (excluding diaryl/α,β-unsaturated/α-hetero) is 1. The number of hydrogen-bond donors (Lipinski definition) is 0. The summed E-state index contributed by atoms with van der Waals surface area (Å²) in [6.45, 7) is 0. The van der Waals surface area contributed by atoms with E-state index in [1.165, 1.54) is 10.7 Å². The second kappa shape index (κ2) is 5.62. The van der Waals surface area contributed by atoms with Gasteiger partial charge in [0.25, 0.3) is 0 Å². The zero-order valence-corrected chi connectivity index (χ0v) is 11.8. The number of aromatic nitrogens is 3. The van der Waals surface area contributed by atoms with Crippen molar-refractivity contribution in [3.63, 3.8) is 0 Å². The summed E-state index contributed by atoms with van der Waals surface area (Å²) in [7, 11) is 1.64. The van der Waals surface area contributed by atoms with E-state index in [2.05, 4.69) is 26.2 Å². The van der Waals surface area contributed by atoms with Gasteiger partial charge < -0.3 is 0 Å². The van der Waals surface area contributed by atoms with Crippen LogP contribution in [0.15, 0.2) is 33.8 Å². The van der Waals surface area contributed by atoms with Crippen LogP contribution < -0.4 is 0 Å². The van der Waals surface area contributed by atoms with E-state index < -0.39 is 0 Å². The lowest BCUT2D eigenvalue weighted by Gasteiger charge is -2.02. The Balaban J connectivity index is 2.08. The van der Waals surface area contributed by atoms with Crippen LogP contribution in [0.3, 0.4) is 0 Å². The lowest BCUT2D eigenvalue weighted by Crippen LogP contribution is -2.10. The molecule has 0 amide bonds. The number of benzene rings is 1. The molecule has 0 radical (unpaired) electrons. The zero-order chi connectivity index (χ0) is 13.1. The minimum absolute atomic E-state index is 0.140. The third kappa shape index (κ3) is 2.78. The van der Waals surface area contributed by atoms with Crippen LogP contribution in [-0.4, -0.2) is 26.5 Å². The van der Waals surface area contributed by atoms with Crippen molar-refractivity contribution in [3.8, 4) is 0 Å². The first-order valence-electron chi connectivity index (χ1n) is 5.05. The van der Waals surface area contributed by atoms with Crippen LogP contribution in [0.1, 0.15) is 10.5 Å². The molecule has 2 rings (SSSR count). The highest BCUT2D eigenvalue weighted by molar-refractivity contribution is 9.10. The van der Waals surface area contributed by atoms with Gasteiger partial charge in [-0.1, -0.05) is 17.3 Å². The van der Waals surface area contributed by atoms with Crippen LogP contribution in [0.25, 0.3) is 0 Å². The molecule has 0 spiro atoms. The molecule has 0 aliphatic heterocycles. The van der Waals surface area contributed by atoms with Gasteiger partial charge in [-0.15, -0.1) is 16.9 Å². The second-order valence-electron chi connectivity index (χ2n) is 3.49. The van der Waals surface area contributed by atoms with Gasteiger partial charge in [-0.3, -0.25) is 4.79 Å². The number of aryl methyl sites for hydroxylation is 1. The number of carbonyl (C=O) groups is 1. The Kier molecular flexibility index (Phi) is 4.13. The van der Waals surface area contributed by atoms with Gasteiger partial charge in [-0.2, -0.15) is 0 Å². The lowest BCUT2D eigenvalue weighted by molar-refractivity contribution is 0.101. The number of carbonyl (C=O) groups excluding carboxylic acids is 1. The van der Waals surface area contributed by atoms with Crippen molar-refractivity contribution in [1.29, 1.82) is 0 Å². The standard InChI is InChI=1S/C11H9BrFN3OS/c1-16-10(11(12)14-15-16)8(17)6-18-9-5-3-2-4-7(9)13/h2-5H,6H2,1H3. The highest BCUT2D eigenvalue weighted by atomic mass is 79.9. The van der Waals surface area contributed by atoms with E-state index in [-0.39, 0.29) is 17.4 Å². The van der Waals surface area contributed by atoms with Crippen LogP contribution in [0.4, 0.5) is 4.39 Å². The minimum Gasteiger partial charge on any atom is -0.291 e. The average molecular weight is 330 g/mol. The summed E-state index contributed by atoms with van der Waals surface area (Å²) >= 11 is 4.32. The van der Waals surface area contributed by atoms with Gasteiger partial charge in [0.2, 0.25) is 0 Å². The number of rotatable bonds is 4. The van der Waals surface area contributed by atoms with Gasteiger partial charge in [0, 0.05) is 11.9 Å². The third-order valence-corrected chi connectivity index (χ3v) is 3.83. The second-order valence-corrected chi connectivity index (χ2v) is 5.26. The number of hydrogen-bond acceptors (Lipinski definition) is 4. The zero-order valence-electron chi connectivity index (χ0n) is 9.43. The molecular formula is C11H9BrFN3OS. The number of thioether (sulfide) groups is 1. The van der Waals surface area contributed by atoms with Gasteiger partial charge in [0.15, 0.2) is 10.4 Å². The first-order chi connectivity index (χ1) is 8.59. The monoisotopic (exact) mass is 329 g/mol. The molecule has 0 unspecified atom stereocenters. The number of nitrogens with zero attached hydrogens (tertiary/aromatic N) is 3. The van der Waals surface area contributed by atoms with Crippen molar-refractivity contribution in [2.75, 3.05) is 5.75 Å². The van der Waals surface area contributed by atoms with E-state index in [1.807, 2.05) is 0 Å². The van der Waals surface area contributed by atoms with E-state index in [4.69, 9.17) is 0 Å². The molecule has 4 nitrogen and oxygen atoms in total. The Labute approximate surface area is 116 Å². The molecule has 1 aromatic carbocycles. The first kappa shape index (κ1) is 13.2. The molecule has 0 saturated heterocycles. The Hall–Kier alpha value is -1.21. The smallest absolute Gasteiger partial charge is 0.193 e. The molecule has 1 aromatic heterocycles. The third-order valence-electron chi connectivity index (χ3n) is 2.25. The van der Waals surface area contributed by atoms with Crippen molar-refractivity contribution < 1.29 is 9.18 Å². The molecule has 18 heavy (non-hydrogen) atoms. The van der Waals surface area contributed by atoms with Crippen LogP contribution in [0.2, 0.25) is 0 Å². The highest BCUT2D eigenvalue weighted by Crippen LogP contribution is 2.23. The van der Waals surface area contributed by atoms with Gasteiger partial charge in [0.05, 0.1) is 5.75 Å². The molecule has 0 saturated carbocycles. The predicted octanol–water partition coefficient (Wildman–Crippen LogP) is 2.69. The van der Waals surface area contributed by atoms with Crippen molar-refractivity contribution in [3.05, 3.63) is 40.4 Å². The maximum absolute atomic E-state index is 13.4. The molecule has 0 fully saturated rings. The van der Waals surface area contributed by atoms with Crippen molar-refractivity contribution in [2.45, 2.75) is 4.90 Å². The quantitative estimate of drug-likeness (QED) is 0.639. The largest absolute Gasteiger partial charge is 0.291 e. The van der Waals surface area contributed by atoms with E-state index in [0.29, 0.717) is 15.2 Å². The van der Waals surface area contributed by atoms with Crippen molar-refractivity contribution >= 4 is 33.5 Å². The summed E-state index contributed by atoms with van der Waals surface area (Å²) in [6.07, 6.45) is 0. The molecule has 0 aliphatic carbocycles. The predicted molar refractivity (Wildman–Crippen MR) is 70.2 cm³/mol. The topological polar surface area (TPSA) is 47.8 Å². The molecule has 0 bridgehead atoms. The average Bonchev–Trinajstić information content (AvgIpc) is 2.68. The maximum atomic E-state index is 13.4. The number of ketones is 1. The van der Waals surface area contributed by atoms with Gasteiger partial charge >= 0.3 is 0 Å². The van der Waals surface area contributed by atoms with Crippen LogP contribution >= 0.6 is 27.7 Å². The first-order valence-corrected chi connectivity index (χ1v) is 6.83. The molecule has 0 atom stereocenters. The van der Waals surface area contributed by atoms with E-state index in [9.17, 15) is 9.18 Å². The summed E-state index contributed by atoms with van der Waals surface area (Å²) in [6, 6.07) is 6.36. The summed E-state index contributed by atoms with van der Waals surface area (Å²) < 4.78 is 15.2. The summed E-state index contributed by atoms with van der Waals surface area (Å²) in [4.78, 5) is 12.4. The normalized spacial score (nSPS) is 10.6. The maximum Gasteiger partial charge on any atom is 0.193 e. The van der Waals surface area contributed by atoms with Crippen molar-refractivity contribution in [2.24, 2.45) is 7.05 Å². The molecule has 94 valence electrons. The van der Waals surface area contributed by atoms with Crippen LogP contribution in [0, 0.1) is 5.82 Å². The molecule has 1 heterocycles. The fourth-order valence-corrected chi connectivity index (χ4v) is 2.75. The Morgan fingerprint density at radius 3 is 2.83 bits per heavy atom. The van der Waals surface area contributed by atoms with Crippen LogP contribution in [-0.2, 0) is 7.05 Å². The number of halogens is 2. The summed E-state index contributed by atoms with van der Waals surface area (Å²) in [5, 5.41) is 7.46. The lowest BCUT2D eigenvalue weighted by atomic mass is 10.3. The fraction of sp³-hybridized carbons (Fsp3) is 0.182. The molecular weight excluding hydrogens is 321 g/mol. The highest BCUT2D eigenvalue weighted by Gasteiger charge is 2.17. The van der Waals surface area contributed by atoms with Gasteiger partial charge in [0.1, 0.15) is 11.5 Å².